The molecule has 2 aromatic rings. The fourth-order valence-electron chi connectivity index (χ4n) is 1.05. The summed E-state index contributed by atoms with van der Waals surface area (Å²) < 4.78 is 18.0. The molecule has 0 amide bonds. The molecule has 0 atom stereocenters. The first-order valence-electron chi connectivity index (χ1n) is 4.25. The van der Waals surface area contributed by atoms with Crippen molar-refractivity contribution in [1.82, 2.24) is 9.97 Å². The summed E-state index contributed by atoms with van der Waals surface area (Å²) in [5.41, 5.74) is 0. The van der Waals surface area contributed by atoms with E-state index in [1.165, 1.54) is 24.5 Å². The molecule has 0 N–H and O–H groups in total. The van der Waals surface area contributed by atoms with Gasteiger partial charge in [0.25, 0.3) is 0 Å². The second-order valence-electron chi connectivity index (χ2n) is 2.86. The van der Waals surface area contributed by atoms with Crippen LogP contribution in [-0.2, 0) is 0 Å². The summed E-state index contributed by atoms with van der Waals surface area (Å²) in [5.74, 6) is 0.0511. The number of hydrogen-bond donors (Lipinski definition) is 0. The predicted octanol–water partition coefficient (Wildman–Crippen LogP) is 3.71. The average Bonchev–Trinajstić information content (AvgIpc) is 2.22. The minimum absolute atomic E-state index is 0.154. The average molecular weight is 259 g/mol. The number of halogens is 3. The Morgan fingerprint density at radius 3 is 2.69 bits per heavy atom. The summed E-state index contributed by atoms with van der Waals surface area (Å²) in [6.45, 7) is 0. The van der Waals surface area contributed by atoms with E-state index in [2.05, 4.69) is 9.97 Å². The molecule has 0 saturated heterocycles. The van der Waals surface area contributed by atoms with E-state index in [9.17, 15) is 4.39 Å². The van der Waals surface area contributed by atoms with Crippen molar-refractivity contribution in [2.24, 2.45) is 0 Å². The van der Waals surface area contributed by atoms with Gasteiger partial charge in [-0.1, -0.05) is 23.2 Å². The number of hydrogen-bond acceptors (Lipinski definition) is 3. The third-order valence-corrected chi connectivity index (χ3v) is 2.17. The smallest absolute Gasteiger partial charge is 0.239 e. The molecule has 0 radical (unpaired) electrons. The monoisotopic (exact) mass is 258 g/mol. The number of rotatable bonds is 2. The van der Waals surface area contributed by atoms with E-state index in [0.29, 0.717) is 5.75 Å². The van der Waals surface area contributed by atoms with Crippen molar-refractivity contribution >= 4 is 23.2 Å². The van der Waals surface area contributed by atoms with Gasteiger partial charge in [0.15, 0.2) is 5.15 Å². The fourth-order valence-corrected chi connectivity index (χ4v) is 1.39. The van der Waals surface area contributed by atoms with Crippen molar-refractivity contribution in [3.05, 3.63) is 46.6 Å². The lowest BCUT2D eigenvalue weighted by atomic mass is 10.3. The van der Waals surface area contributed by atoms with Gasteiger partial charge in [-0.3, -0.25) is 4.98 Å². The lowest BCUT2D eigenvalue weighted by molar-refractivity contribution is 0.459. The Bertz CT molecular complexity index is 522. The minimum Gasteiger partial charge on any atom is -0.436 e. The van der Waals surface area contributed by atoms with Crippen molar-refractivity contribution in [2.75, 3.05) is 0 Å². The van der Waals surface area contributed by atoms with Crippen LogP contribution in [0.2, 0.25) is 10.2 Å². The van der Waals surface area contributed by atoms with E-state index in [4.69, 9.17) is 27.9 Å². The van der Waals surface area contributed by atoms with Gasteiger partial charge >= 0.3 is 0 Å². The Balaban J connectivity index is 2.27. The van der Waals surface area contributed by atoms with Gasteiger partial charge in [-0.05, 0) is 18.2 Å². The van der Waals surface area contributed by atoms with Gasteiger partial charge in [-0.25, -0.2) is 4.39 Å². The van der Waals surface area contributed by atoms with Crippen LogP contribution in [0.5, 0.6) is 11.6 Å². The minimum atomic E-state index is -0.436. The van der Waals surface area contributed by atoms with Gasteiger partial charge in [0.2, 0.25) is 5.88 Å². The molecule has 0 aliphatic rings. The normalized spacial score (nSPS) is 10.2. The summed E-state index contributed by atoms with van der Waals surface area (Å²) in [4.78, 5) is 7.65. The molecule has 6 heteroatoms. The Morgan fingerprint density at radius 1 is 1.19 bits per heavy atom. The summed E-state index contributed by atoms with van der Waals surface area (Å²) in [6.07, 6.45) is 2.76. The standard InChI is InChI=1S/C10H5Cl2FN2O/c11-7-3-6(13)1-2-8(7)16-10-5-14-4-9(12)15-10/h1-5H. The molecule has 0 spiro atoms. The van der Waals surface area contributed by atoms with E-state index in [0.717, 1.165) is 6.07 Å². The molecule has 82 valence electrons. The molecule has 16 heavy (non-hydrogen) atoms. The SMILES string of the molecule is Fc1ccc(Oc2cncc(Cl)n2)c(Cl)c1. The predicted molar refractivity (Wildman–Crippen MR) is 58.5 cm³/mol. The molecule has 1 aromatic heterocycles. The summed E-state index contributed by atoms with van der Waals surface area (Å²) >= 11 is 11.4. The Labute approximate surface area is 101 Å². The maximum atomic E-state index is 12.8. The molecule has 1 heterocycles. The van der Waals surface area contributed by atoms with Gasteiger partial charge in [-0.15, -0.1) is 0 Å². The van der Waals surface area contributed by atoms with Gasteiger partial charge in [0.05, 0.1) is 17.4 Å². The van der Waals surface area contributed by atoms with Crippen LogP contribution in [0.4, 0.5) is 4.39 Å². The highest BCUT2D eigenvalue weighted by atomic mass is 35.5. The highest BCUT2D eigenvalue weighted by Gasteiger charge is 2.05. The highest BCUT2D eigenvalue weighted by Crippen LogP contribution is 2.28. The number of nitrogens with zero attached hydrogens (tertiary/aromatic N) is 2. The van der Waals surface area contributed by atoms with Crippen molar-refractivity contribution < 1.29 is 9.13 Å². The van der Waals surface area contributed by atoms with Crippen LogP contribution in [0.25, 0.3) is 0 Å². The lowest BCUT2D eigenvalue weighted by Crippen LogP contribution is -1.90. The number of aromatic nitrogens is 2. The van der Waals surface area contributed by atoms with Crippen LogP contribution in [0.15, 0.2) is 30.6 Å². The maximum absolute atomic E-state index is 12.8. The molecule has 0 bridgehead atoms. The van der Waals surface area contributed by atoms with Crippen molar-refractivity contribution in [1.29, 1.82) is 0 Å². The highest BCUT2D eigenvalue weighted by molar-refractivity contribution is 6.32. The van der Waals surface area contributed by atoms with Crippen LogP contribution in [-0.4, -0.2) is 9.97 Å². The van der Waals surface area contributed by atoms with Gasteiger partial charge in [0.1, 0.15) is 11.6 Å². The fraction of sp³-hybridized carbons (Fsp3) is 0. The summed E-state index contributed by atoms with van der Waals surface area (Å²) in [5, 5.41) is 0.359. The molecule has 0 aliphatic heterocycles. The quantitative estimate of drug-likeness (QED) is 0.824. The van der Waals surface area contributed by atoms with Gasteiger partial charge in [0, 0.05) is 0 Å². The van der Waals surface area contributed by atoms with Crippen LogP contribution >= 0.6 is 23.2 Å². The van der Waals surface area contributed by atoms with E-state index in [1.54, 1.807) is 0 Å². The molecule has 0 aliphatic carbocycles. The zero-order valence-corrected chi connectivity index (χ0v) is 9.34. The third-order valence-electron chi connectivity index (χ3n) is 1.69. The maximum Gasteiger partial charge on any atom is 0.239 e. The van der Waals surface area contributed by atoms with E-state index in [1.807, 2.05) is 0 Å². The largest absolute Gasteiger partial charge is 0.436 e. The van der Waals surface area contributed by atoms with Gasteiger partial charge in [-0.2, -0.15) is 4.98 Å². The molecule has 0 saturated carbocycles. The first kappa shape index (κ1) is 11.1. The van der Waals surface area contributed by atoms with Crippen LogP contribution in [0.1, 0.15) is 0 Å². The molecule has 3 nitrogen and oxygen atoms in total. The Hall–Kier alpha value is -1.39. The Morgan fingerprint density at radius 2 is 2.00 bits per heavy atom. The third kappa shape index (κ3) is 2.59. The summed E-state index contributed by atoms with van der Waals surface area (Å²) in [6, 6.07) is 3.79. The molecular formula is C10H5Cl2FN2O. The number of ether oxygens (including phenoxy) is 1. The molecule has 0 unspecified atom stereocenters. The zero-order valence-electron chi connectivity index (χ0n) is 7.82. The van der Waals surface area contributed by atoms with E-state index < -0.39 is 5.82 Å². The van der Waals surface area contributed by atoms with Crippen molar-refractivity contribution in [3.63, 3.8) is 0 Å². The molecule has 0 fully saturated rings. The van der Waals surface area contributed by atoms with Crippen LogP contribution in [0.3, 0.4) is 0 Å². The van der Waals surface area contributed by atoms with E-state index >= 15 is 0 Å². The van der Waals surface area contributed by atoms with Crippen molar-refractivity contribution in [3.8, 4) is 11.6 Å². The lowest BCUT2D eigenvalue weighted by Gasteiger charge is -2.05. The second-order valence-corrected chi connectivity index (χ2v) is 3.65. The molecular weight excluding hydrogens is 254 g/mol. The van der Waals surface area contributed by atoms with Crippen LogP contribution in [0, 0.1) is 5.82 Å². The second kappa shape index (κ2) is 4.63. The Kier molecular flexibility index (Phi) is 3.22. The van der Waals surface area contributed by atoms with Crippen molar-refractivity contribution in [2.45, 2.75) is 0 Å². The zero-order chi connectivity index (χ0) is 11.5. The topological polar surface area (TPSA) is 35.0 Å². The first-order valence-corrected chi connectivity index (χ1v) is 5.01. The van der Waals surface area contributed by atoms with Gasteiger partial charge < -0.3 is 4.74 Å². The molecule has 2 rings (SSSR count). The summed E-state index contributed by atoms with van der Waals surface area (Å²) in [7, 11) is 0. The first-order chi connectivity index (χ1) is 7.65. The van der Waals surface area contributed by atoms with Crippen LogP contribution < -0.4 is 4.74 Å². The van der Waals surface area contributed by atoms with E-state index in [-0.39, 0.29) is 16.1 Å². The number of benzene rings is 1. The molecule has 1 aromatic carbocycles.